The molecule has 2 heterocycles. The molecule has 1 fully saturated rings. The maximum Gasteiger partial charge on any atom is 0.410 e. The first-order chi connectivity index (χ1) is 14.9. The van der Waals surface area contributed by atoms with E-state index in [1.165, 1.54) is 36.7 Å². The number of carbonyl (C=O) groups is 1. The van der Waals surface area contributed by atoms with Gasteiger partial charge in [0.1, 0.15) is 12.4 Å². The number of halogens is 3. The molecule has 0 spiro atoms. The van der Waals surface area contributed by atoms with Crippen molar-refractivity contribution in [1.29, 1.82) is 0 Å². The number of nitrogens with zero attached hydrogens (tertiary/aromatic N) is 3. The first kappa shape index (κ1) is 25.3. The van der Waals surface area contributed by atoms with Crippen LogP contribution in [0.5, 0.6) is 0 Å². The molecule has 2 N–H and O–H groups in total. The summed E-state index contributed by atoms with van der Waals surface area (Å²) in [6, 6.07) is 7.07. The van der Waals surface area contributed by atoms with Gasteiger partial charge in [0.2, 0.25) is 5.95 Å². The lowest BCUT2D eigenvalue weighted by Gasteiger charge is -2.37. The molecule has 1 saturated heterocycles. The van der Waals surface area contributed by atoms with Crippen molar-refractivity contribution in [2.24, 2.45) is 5.92 Å². The Bertz CT molecular complexity index is 970. The molecule has 3 rings (SSSR count). The maximum atomic E-state index is 14.4. The predicted molar refractivity (Wildman–Crippen MR) is 109 cm³/mol. The van der Waals surface area contributed by atoms with E-state index in [0.29, 0.717) is 11.8 Å². The summed E-state index contributed by atoms with van der Waals surface area (Å²) >= 11 is 0. The van der Waals surface area contributed by atoms with Crippen LogP contribution in [-0.2, 0) is 21.5 Å². The van der Waals surface area contributed by atoms with Crippen LogP contribution in [-0.4, -0.2) is 65.7 Å². The monoisotopic (exact) mass is 476 g/mol. The lowest BCUT2D eigenvalue weighted by molar-refractivity contribution is -0.102. The fourth-order valence-electron chi connectivity index (χ4n) is 2.81. The van der Waals surface area contributed by atoms with Crippen molar-refractivity contribution < 1.29 is 35.7 Å². The van der Waals surface area contributed by atoms with Gasteiger partial charge in [0.05, 0.1) is 12.8 Å². The molecule has 0 aliphatic carbocycles. The summed E-state index contributed by atoms with van der Waals surface area (Å²) in [4.78, 5) is 20.9. The quantitative estimate of drug-likeness (QED) is 0.632. The Balaban J connectivity index is 0.000000654. The minimum atomic E-state index is -3.67. The molecule has 1 aromatic carbocycles. The third kappa shape index (κ3) is 9.06. The van der Waals surface area contributed by atoms with Crippen molar-refractivity contribution >= 4 is 22.2 Å². The van der Waals surface area contributed by atoms with Crippen molar-refractivity contribution in [2.45, 2.75) is 19.0 Å². The minimum absolute atomic E-state index is 0.00941. The van der Waals surface area contributed by atoms with Gasteiger partial charge in [-0.1, -0.05) is 12.1 Å². The first-order valence-corrected chi connectivity index (χ1v) is 11.3. The van der Waals surface area contributed by atoms with Gasteiger partial charge in [-0.05, 0) is 30.2 Å². The highest BCUT2D eigenvalue weighted by atomic mass is 32.2. The highest BCUT2D eigenvalue weighted by molar-refractivity contribution is 7.85. The molecule has 13 heteroatoms. The highest BCUT2D eigenvalue weighted by Gasteiger charge is 2.46. The zero-order valence-electron chi connectivity index (χ0n) is 17.1. The fourth-order valence-corrected chi connectivity index (χ4v) is 2.81. The average molecular weight is 476 g/mol. The van der Waals surface area contributed by atoms with Crippen LogP contribution in [0.1, 0.15) is 12.0 Å². The van der Waals surface area contributed by atoms with Crippen molar-refractivity contribution in [2.75, 3.05) is 31.2 Å². The number of rotatable bonds is 5. The summed E-state index contributed by atoms with van der Waals surface area (Å²) in [5, 5.41) is 2.80. The fraction of sp³-hybridized carbons (Fsp3) is 0.421. The number of benzene rings is 1. The van der Waals surface area contributed by atoms with Gasteiger partial charge in [-0.15, -0.1) is 0 Å². The number of hydrogen-bond donors (Lipinski definition) is 2. The third-order valence-corrected chi connectivity index (χ3v) is 4.35. The van der Waals surface area contributed by atoms with Crippen LogP contribution < -0.4 is 5.32 Å². The van der Waals surface area contributed by atoms with Crippen LogP contribution in [0.3, 0.4) is 0 Å². The summed E-state index contributed by atoms with van der Waals surface area (Å²) in [5.41, 5.74) is 0.582. The molecule has 32 heavy (non-hydrogen) atoms. The number of anilines is 1. The van der Waals surface area contributed by atoms with Gasteiger partial charge in [-0.2, -0.15) is 8.42 Å². The van der Waals surface area contributed by atoms with E-state index in [2.05, 4.69) is 15.3 Å². The standard InChI is InChI=1S/C18H19F3N4O2.CH4O3S/c19-15-4-2-13(3-5-15)11-27-17(26)25-9-6-14(18(20,21)12-25)10-24-16-22-7-1-8-23-16;1-5(2,3)4/h1-5,7-8,14H,6,9-12H2,(H,22,23,24);1H3,(H,2,3,4)/t14-;/m0./s1. The average Bonchev–Trinajstić information content (AvgIpc) is 2.71. The first-order valence-electron chi connectivity index (χ1n) is 9.41. The van der Waals surface area contributed by atoms with Gasteiger partial charge in [0.25, 0.3) is 16.0 Å². The molecule has 0 saturated carbocycles. The molecule has 1 aliphatic heterocycles. The van der Waals surface area contributed by atoms with Gasteiger partial charge < -0.3 is 15.0 Å². The number of carbonyl (C=O) groups excluding carboxylic acids is 1. The lowest BCUT2D eigenvalue weighted by Crippen LogP contribution is -2.52. The highest BCUT2D eigenvalue weighted by Crippen LogP contribution is 2.33. The Labute approximate surface area is 183 Å². The summed E-state index contributed by atoms with van der Waals surface area (Å²) in [6.45, 7) is -0.635. The summed E-state index contributed by atoms with van der Waals surface area (Å²) in [6.07, 6.45) is 3.07. The Morgan fingerprint density at radius 2 is 1.88 bits per heavy atom. The number of amides is 1. The summed E-state index contributed by atoms with van der Waals surface area (Å²) in [5.74, 6) is -4.12. The number of piperidine rings is 1. The SMILES string of the molecule is CS(=O)(=O)O.O=C(OCc1ccc(F)cc1)N1CC[C@@H](CNc2ncccn2)C(F)(F)C1. The summed E-state index contributed by atoms with van der Waals surface area (Å²) < 4.78 is 72.6. The van der Waals surface area contributed by atoms with Gasteiger partial charge >= 0.3 is 6.09 Å². The smallest absolute Gasteiger partial charge is 0.410 e. The van der Waals surface area contributed by atoms with E-state index in [1.807, 2.05) is 0 Å². The Kier molecular flexibility index (Phi) is 8.78. The number of hydrogen-bond acceptors (Lipinski definition) is 7. The van der Waals surface area contributed by atoms with Gasteiger partial charge in [0.15, 0.2) is 0 Å². The molecule has 9 nitrogen and oxygen atoms in total. The second-order valence-electron chi connectivity index (χ2n) is 7.04. The molecule has 0 unspecified atom stereocenters. The molecule has 0 bridgehead atoms. The zero-order valence-corrected chi connectivity index (χ0v) is 17.9. The molecule has 1 atom stereocenters. The van der Waals surface area contributed by atoms with Gasteiger partial charge in [-0.3, -0.25) is 4.55 Å². The second-order valence-corrected chi connectivity index (χ2v) is 8.50. The predicted octanol–water partition coefficient (Wildman–Crippen LogP) is 2.83. The number of nitrogens with one attached hydrogen (secondary N) is 1. The van der Waals surface area contributed by atoms with Crippen LogP contribution in [0.25, 0.3) is 0 Å². The van der Waals surface area contributed by atoms with Crippen molar-refractivity contribution in [3.63, 3.8) is 0 Å². The van der Waals surface area contributed by atoms with Crippen LogP contribution in [0, 0.1) is 11.7 Å². The molecule has 0 radical (unpaired) electrons. The molecular weight excluding hydrogens is 453 g/mol. The Morgan fingerprint density at radius 1 is 1.28 bits per heavy atom. The molecule has 1 aliphatic rings. The second kappa shape index (κ2) is 11.1. The van der Waals surface area contributed by atoms with Gasteiger partial charge in [0, 0.05) is 31.4 Å². The third-order valence-electron chi connectivity index (χ3n) is 4.35. The molecule has 2 aromatic rings. The Hall–Kier alpha value is -2.93. The van der Waals surface area contributed by atoms with Crippen LogP contribution in [0.15, 0.2) is 42.7 Å². The minimum Gasteiger partial charge on any atom is -0.445 e. The van der Waals surface area contributed by atoms with E-state index in [4.69, 9.17) is 9.29 Å². The molecule has 1 amide bonds. The number of aromatic nitrogens is 2. The van der Waals surface area contributed by atoms with Crippen molar-refractivity contribution in [3.05, 3.63) is 54.1 Å². The van der Waals surface area contributed by atoms with Crippen molar-refractivity contribution in [1.82, 2.24) is 14.9 Å². The zero-order chi connectivity index (χ0) is 23.8. The number of likely N-dealkylation sites (tertiary alicyclic amines) is 1. The van der Waals surface area contributed by atoms with Gasteiger partial charge in [-0.25, -0.2) is 27.9 Å². The molecule has 1 aromatic heterocycles. The van der Waals surface area contributed by atoms with Crippen LogP contribution >= 0.6 is 0 Å². The van der Waals surface area contributed by atoms with Crippen LogP contribution in [0.2, 0.25) is 0 Å². The van der Waals surface area contributed by atoms with E-state index >= 15 is 0 Å². The van der Waals surface area contributed by atoms with E-state index in [-0.39, 0.29) is 32.1 Å². The summed E-state index contributed by atoms with van der Waals surface area (Å²) in [7, 11) is -3.67. The van der Waals surface area contributed by atoms with E-state index < -0.39 is 40.4 Å². The van der Waals surface area contributed by atoms with Crippen LogP contribution in [0.4, 0.5) is 23.9 Å². The topological polar surface area (TPSA) is 122 Å². The van der Waals surface area contributed by atoms with E-state index in [0.717, 1.165) is 4.90 Å². The maximum absolute atomic E-state index is 14.4. The normalized spacial score (nSPS) is 17.7. The lowest BCUT2D eigenvalue weighted by atomic mass is 9.93. The van der Waals surface area contributed by atoms with Crippen molar-refractivity contribution in [3.8, 4) is 0 Å². The van der Waals surface area contributed by atoms with E-state index in [1.54, 1.807) is 6.07 Å². The number of ether oxygens (including phenoxy) is 1. The number of alkyl halides is 2. The Morgan fingerprint density at radius 3 is 2.44 bits per heavy atom. The molecule has 176 valence electrons. The van der Waals surface area contributed by atoms with E-state index in [9.17, 15) is 26.4 Å². The largest absolute Gasteiger partial charge is 0.445 e. The molecular formula is C19H23F3N4O5S.